The summed E-state index contributed by atoms with van der Waals surface area (Å²) in [6.45, 7) is 19.3. The predicted molar refractivity (Wildman–Crippen MR) is 199 cm³/mol. The molecule has 3 aliphatic rings. The van der Waals surface area contributed by atoms with Gasteiger partial charge in [0.2, 0.25) is 11.8 Å². The van der Waals surface area contributed by atoms with Crippen LogP contribution in [0.5, 0.6) is 5.75 Å². The molecule has 1 N–H and O–H groups in total. The maximum atomic E-state index is 15.0. The van der Waals surface area contributed by atoms with Gasteiger partial charge < -0.3 is 29.4 Å². The number of amides is 3. The molecular formula is C39H52N4O5S. The van der Waals surface area contributed by atoms with Gasteiger partial charge in [0, 0.05) is 61.1 Å². The Labute approximate surface area is 296 Å². The van der Waals surface area contributed by atoms with Crippen molar-refractivity contribution < 1.29 is 24.2 Å². The number of aliphatic hydroxyl groups is 1. The second-order valence-electron chi connectivity index (χ2n) is 13.3. The number of nitrogens with zero attached hydrogens (tertiary/aromatic N) is 4. The van der Waals surface area contributed by atoms with Crippen LogP contribution in [-0.2, 0) is 14.4 Å². The summed E-state index contributed by atoms with van der Waals surface area (Å²) < 4.78 is 4.35. The van der Waals surface area contributed by atoms with E-state index in [-0.39, 0.29) is 37.4 Å². The number of hydrogen-bond donors (Lipinski definition) is 1. The van der Waals surface area contributed by atoms with Crippen LogP contribution < -0.4 is 19.4 Å². The number of benzene rings is 2. The minimum Gasteiger partial charge on any atom is -0.494 e. The Hall–Kier alpha value is -3.76. The summed E-state index contributed by atoms with van der Waals surface area (Å²) in [5.74, 6) is -0.989. The zero-order chi connectivity index (χ0) is 35.3. The largest absolute Gasteiger partial charge is 0.494 e. The van der Waals surface area contributed by atoms with Gasteiger partial charge in [-0.1, -0.05) is 12.2 Å². The van der Waals surface area contributed by atoms with Gasteiger partial charge in [0.15, 0.2) is 0 Å². The van der Waals surface area contributed by atoms with E-state index >= 15 is 0 Å². The van der Waals surface area contributed by atoms with Gasteiger partial charge in [0.05, 0.1) is 23.2 Å². The molecule has 1 spiro atoms. The van der Waals surface area contributed by atoms with E-state index in [9.17, 15) is 19.5 Å². The second-order valence-corrected chi connectivity index (χ2v) is 15.2. The standard InChI is InChI=1S/C39H52N4O5S/c1-7-24-41(30-18-20-31(21-19-30)48-11-5)35(45)32-33-36(46)43(26-12-13-27-44)34(39(33)23-22-38(32,6)49-39)37(47)42(25-8-2)29-16-14-28(15-17-29)40(9-3)10-4/h7-8,14-21,32-34,44H,1-2,9-13,22-27H2,3-6H3/t32-,33-,34?,38+,39?/m0/s1. The van der Waals surface area contributed by atoms with E-state index < -0.39 is 27.4 Å². The van der Waals surface area contributed by atoms with Gasteiger partial charge in [-0.05, 0) is 102 Å². The van der Waals surface area contributed by atoms with E-state index in [4.69, 9.17) is 4.74 Å². The van der Waals surface area contributed by atoms with Crippen LogP contribution in [0.1, 0.15) is 53.4 Å². The van der Waals surface area contributed by atoms with E-state index in [1.165, 1.54) is 0 Å². The number of carbonyl (C=O) groups excluding carboxylic acids is 3. The van der Waals surface area contributed by atoms with E-state index in [2.05, 4.69) is 38.8 Å². The summed E-state index contributed by atoms with van der Waals surface area (Å²) in [4.78, 5) is 51.9. The number of carbonyl (C=O) groups is 3. The zero-order valence-corrected chi connectivity index (χ0v) is 30.3. The smallest absolute Gasteiger partial charge is 0.251 e. The van der Waals surface area contributed by atoms with Crippen molar-refractivity contribution in [3.63, 3.8) is 0 Å². The van der Waals surface area contributed by atoms with Crippen LogP contribution in [0.25, 0.3) is 0 Å². The molecule has 10 heteroatoms. The molecule has 5 rings (SSSR count). The third kappa shape index (κ3) is 6.61. The molecule has 0 aliphatic carbocycles. The van der Waals surface area contributed by atoms with Gasteiger partial charge in [-0.3, -0.25) is 14.4 Å². The van der Waals surface area contributed by atoms with E-state index in [1.54, 1.807) is 38.6 Å². The van der Waals surface area contributed by atoms with Crippen molar-refractivity contribution in [2.24, 2.45) is 11.8 Å². The number of fused-ring (bicyclic) bond motifs is 1. The summed E-state index contributed by atoms with van der Waals surface area (Å²) in [7, 11) is 0. The highest BCUT2D eigenvalue weighted by Gasteiger charge is 2.77. The molecule has 49 heavy (non-hydrogen) atoms. The molecule has 3 aliphatic heterocycles. The summed E-state index contributed by atoms with van der Waals surface area (Å²) in [5.41, 5.74) is 2.53. The summed E-state index contributed by atoms with van der Waals surface area (Å²) >= 11 is 1.67. The van der Waals surface area contributed by atoms with Crippen LogP contribution in [0, 0.1) is 11.8 Å². The number of hydrogen-bond acceptors (Lipinski definition) is 7. The lowest BCUT2D eigenvalue weighted by Crippen LogP contribution is -2.55. The first kappa shape index (κ1) is 36.5. The number of likely N-dealkylation sites (tertiary alicyclic amines) is 1. The van der Waals surface area contributed by atoms with Crippen LogP contribution in [0.3, 0.4) is 0 Å². The first-order valence-corrected chi connectivity index (χ1v) is 18.5. The van der Waals surface area contributed by atoms with Crippen molar-refractivity contribution in [3.8, 4) is 5.75 Å². The fourth-order valence-electron chi connectivity index (χ4n) is 8.26. The van der Waals surface area contributed by atoms with Crippen LogP contribution in [0.2, 0.25) is 0 Å². The molecule has 0 radical (unpaired) electrons. The third-order valence-electron chi connectivity index (χ3n) is 10.5. The van der Waals surface area contributed by atoms with Gasteiger partial charge in [0.25, 0.3) is 5.91 Å². The van der Waals surface area contributed by atoms with Crippen molar-refractivity contribution in [1.82, 2.24) is 4.90 Å². The minimum atomic E-state index is -0.762. The fraction of sp³-hybridized carbons (Fsp3) is 0.513. The lowest BCUT2D eigenvalue weighted by molar-refractivity contribution is -0.139. The molecule has 5 atom stereocenters. The minimum absolute atomic E-state index is 0.00320. The zero-order valence-electron chi connectivity index (χ0n) is 29.5. The number of anilines is 3. The summed E-state index contributed by atoms with van der Waals surface area (Å²) in [5, 5.41) is 9.60. The number of aliphatic hydroxyl groups excluding tert-OH is 1. The molecule has 2 unspecified atom stereocenters. The Morgan fingerprint density at radius 2 is 1.49 bits per heavy atom. The van der Waals surface area contributed by atoms with Crippen LogP contribution in [0.15, 0.2) is 73.8 Å². The quantitative estimate of drug-likeness (QED) is 0.163. The lowest BCUT2D eigenvalue weighted by Gasteiger charge is -2.38. The first-order chi connectivity index (χ1) is 23.6. The Morgan fingerprint density at radius 1 is 0.918 bits per heavy atom. The molecule has 3 heterocycles. The van der Waals surface area contributed by atoms with Gasteiger partial charge in [-0.25, -0.2) is 0 Å². The van der Waals surface area contributed by atoms with Crippen LogP contribution >= 0.6 is 11.8 Å². The van der Waals surface area contributed by atoms with E-state index in [1.807, 2.05) is 55.5 Å². The molecule has 264 valence electrons. The highest BCUT2D eigenvalue weighted by atomic mass is 32.2. The van der Waals surface area contributed by atoms with Gasteiger partial charge in [0.1, 0.15) is 11.8 Å². The topological polar surface area (TPSA) is 93.6 Å². The molecule has 0 saturated carbocycles. The number of rotatable bonds is 17. The molecule has 2 aromatic carbocycles. The average Bonchev–Trinajstić information content (AvgIpc) is 3.67. The molecule has 0 aromatic heterocycles. The van der Waals surface area contributed by atoms with Gasteiger partial charge >= 0.3 is 0 Å². The molecule has 3 amide bonds. The normalized spacial score (nSPS) is 25.2. The average molecular weight is 689 g/mol. The van der Waals surface area contributed by atoms with Gasteiger partial charge in [-0.2, -0.15) is 0 Å². The summed E-state index contributed by atoms with van der Waals surface area (Å²) in [6, 6.07) is 14.7. The maximum absolute atomic E-state index is 15.0. The van der Waals surface area contributed by atoms with E-state index in [0.29, 0.717) is 38.1 Å². The highest BCUT2D eigenvalue weighted by molar-refractivity contribution is 8.02. The van der Waals surface area contributed by atoms with Crippen LogP contribution in [-0.4, -0.2) is 89.2 Å². The van der Waals surface area contributed by atoms with Crippen LogP contribution in [0.4, 0.5) is 17.1 Å². The lowest BCUT2D eigenvalue weighted by atomic mass is 9.66. The first-order valence-electron chi connectivity index (χ1n) is 17.7. The monoisotopic (exact) mass is 688 g/mol. The Kier molecular flexibility index (Phi) is 11.5. The SMILES string of the molecule is C=CCN(C(=O)C1N(CCCCO)C(=O)[C@@H]2[C@@H](C(=O)N(CC=C)c3ccc(OCC)cc3)[C@@]3(C)CCC12S3)c1ccc(N(CC)CC)cc1. The Morgan fingerprint density at radius 3 is 2.04 bits per heavy atom. The molecule has 2 bridgehead atoms. The Balaban J connectivity index is 1.54. The molecule has 9 nitrogen and oxygen atoms in total. The highest BCUT2D eigenvalue weighted by Crippen LogP contribution is 2.71. The molecule has 2 aromatic rings. The Bertz CT molecular complexity index is 1510. The molecule has 3 fully saturated rings. The number of thioether (sulfide) groups is 1. The third-order valence-corrected chi connectivity index (χ3v) is 12.5. The number of ether oxygens (including phenoxy) is 1. The van der Waals surface area contributed by atoms with Gasteiger partial charge in [-0.15, -0.1) is 24.9 Å². The van der Waals surface area contributed by atoms with Crippen molar-refractivity contribution in [1.29, 1.82) is 0 Å². The maximum Gasteiger partial charge on any atom is 0.251 e. The fourth-order valence-corrected chi connectivity index (χ4v) is 10.6. The molecule has 3 saturated heterocycles. The predicted octanol–water partition coefficient (Wildman–Crippen LogP) is 5.92. The second kappa shape index (κ2) is 15.4. The molecular weight excluding hydrogens is 637 g/mol. The van der Waals surface area contributed by atoms with Crippen molar-refractivity contribution in [3.05, 3.63) is 73.8 Å². The van der Waals surface area contributed by atoms with Crippen molar-refractivity contribution in [2.75, 3.05) is 60.6 Å². The summed E-state index contributed by atoms with van der Waals surface area (Å²) in [6.07, 6.45) is 5.88. The van der Waals surface area contributed by atoms with Crippen molar-refractivity contribution >= 4 is 46.5 Å². The van der Waals surface area contributed by atoms with E-state index in [0.717, 1.165) is 36.6 Å². The number of unbranched alkanes of at least 4 members (excludes halogenated alkanes) is 1. The van der Waals surface area contributed by atoms with Crippen molar-refractivity contribution in [2.45, 2.75) is 68.9 Å².